The summed E-state index contributed by atoms with van der Waals surface area (Å²) in [5.74, 6) is 0. The number of anilines is 1. The van der Waals surface area contributed by atoms with E-state index in [0.29, 0.717) is 11.3 Å². The van der Waals surface area contributed by atoms with E-state index in [2.05, 4.69) is 5.18 Å². The van der Waals surface area contributed by atoms with Crippen molar-refractivity contribution in [3.05, 3.63) is 34.2 Å². The normalized spacial score (nSPS) is 9.75. The van der Waals surface area contributed by atoms with Gasteiger partial charge in [-0.2, -0.15) is 4.91 Å². The molecule has 0 unspecified atom stereocenters. The summed E-state index contributed by atoms with van der Waals surface area (Å²) in [5.41, 5.74) is 7.49. The molecule has 0 fully saturated rings. The molecule has 4 heteroatoms. The van der Waals surface area contributed by atoms with E-state index in [-0.39, 0.29) is 13.2 Å². The predicted molar refractivity (Wildman–Crippen MR) is 46.3 cm³/mol. The highest BCUT2D eigenvalue weighted by Gasteiger charge is 1.97. The van der Waals surface area contributed by atoms with Crippen LogP contribution in [-0.4, -0.2) is 5.11 Å². The fourth-order valence-electron chi connectivity index (χ4n) is 1.05. The number of aliphatic hydroxyl groups is 1. The van der Waals surface area contributed by atoms with Gasteiger partial charge in [-0.25, -0.2) is 0 Å². The molecule has 3 N–H and O–H groups in total. The third kappa shape index (κ3) is 2.03. The molecule has 0 aliphatic carbocycles. The van der Waals surface area contributed by atoms with E-state index < -0.39 is 0 Å². The highest BCUT2D eigenvalue weighted by molar-refractivity contribution is 5.44. The Morgan fingerprint density at radius 3 is 2.58 bits per heavy atom. The SMILES string of the molecule is Nc1cc(CO)cc(CN=O)c1. The van der Waals surface area contributed by atoms with E-state index in [0.717, 1.165) is 5.56 Å². The van der Waals surface area contributed by atoms with Crippen LogP contribution < -0.4 is 5.73 Å². The Hall–Kier alpha value is -1.42. The molecule has 12 heavy (non-hydrogen) atoms. The zero-order valence-electron chi connectivity index (χ0n) is 6.53. The first-order valence-electron chi connectivity index (χ1n) is 3.54. The zero-order chi connectivity index (χ0) is 8.97. The third-order valence-electron chi connectivity index (χ3n) is 1.50. The molecule has 1 aromatic carbocycles. The number of hydrogen-bond donors (Lipinski definition) is 2. The second kappa shape index (κ2) is 3.82. The first kappa shape index (κ1) is 8.67. The summed E-state index contributed by atoms with van der Waals surface area (Å²) >= 11 is 0. The molecule has 0 saturated heterocycles. The van der Waals surface area contributed by atoms with Crippen molar-refractivity contribution in [3.63, 3.8) is 0 Å². The molecule has 0 aliphatic heterocycles. The second-order valence-electron chi connectivity index (χ2n) is 2.53. The van der Waals surface area contributed by atoms with Crippen LogP contribution in [0.1, 0.15) is 11.1 Å². The van der Waals surface area contributed by atoms with Gasteiger partial charge < -0.3 is 10.8 Å². The zero-order valence-corrected chi connectivity index (χ0v) is 6.53. The topological polar surface area (TPSA) is 75.7 Å². The van der Waals surface area contributed by atoms with Crippen LogP contribution in [0.5, 0.6) is 0 Å². The van der Waals surface area contributed by atoms with Gasteiger partial charge in [-0.05, 0) is 23.3 Å². The van der Waals surface area contributed by atoms with Crippen molar-refractivity contribution in [3.8, 4) is 0 Å². The number of benzene rings is 1. The number of rotatable bonds is 3. The molecule has 0 heterocycles. The van der Waals surface area contributed by atoms with E-state index in [4.69, 9.17) is 10.8 Å². The van der Waals surface area contributed by atoms with E-state index >= 15 is 0 Å². The van der Waals surface area contributed by atoms with Crippen molar-refractivity contribution in [2.24, 2.45) is 5.18 Å². The van der Waals surface area contributed by atoms with Crippen molar-refractivity contribution in [2.75, 3.05) is 5.73 Å². The summed E-state index contributed by atoms with van der Waals surface area (Å²) in [6.45, 7) is 0.0228. The summed E-state index contributed by atoms with van der Waals surface area (Å²) < 4.78 is 0. The molecule has 0 saturated carbocycles. The van der Waals surface area contributed by atoms with Crippen LogP contribution in [-0.2, 0) is 13.2 Å². The van der Waals surface area contributed by atoms with Crippen LogP contribution in [0.2, 0.25) is 0 Å². The molecule has 1 aromatic rings. The number of nitroso groups, excluding NO2 is 1. The molecule has 4 nitrogen and oxygen atoms in total. The van der Waals surface area contributed by atoms with Crippen molar-refractivity contribution in [2.45, 2.75) is 13.2 Å². The monoisotopic (exact) mass is 166 g/mol. The lowest BCUT2D eigenvalue weighted by Gasteiger charge is -2.01. The van der Waals surface area contributed by atoms with Crippen molar-refractivity contribution >= 4 is 5.69 Å². The molecule has 64 valence electrons. The lowest BCUT2D eigenvalue weighted by molar-refractivity contribution is 0.282. The second-order valence-corrected chi connectivity index (χ2v) is 2.53. The van der Waals surface area contributed by atoms with Gasteiger partial charge >= 0.3 is 0 Å². The maximum Gasteiger partial charge on any atom is 0.106 e. The smallest absolute Gasteiger partial charge is 0.106 e. The minimum absolute atomic E-state index is 0.0725. The van der Waals surface area contributed by atoms with Crippen molar-refractivity contribution in [1.29, 1.82) is 0 Å². The number of nitrogens with two attached hydrogens (primary N) is 1. The minimum atomic E-state index is -0.0725. The molecular formula is C8H10N2O2. The summed E-state index contributed by atoms with van der Waals surface area (Å²) in [7, 11) is 0. The first-order chi connectivity index (χ1) is 5.76. The molecule has 1 rings (SSSR count). The highest BCUT2D eigenvalue weighted by atomic mass is 16.3. The van der Waals surface area contributed by atoms with E-state index in [1.165, 1.54) is 0 Å². The van der Waals surface area contributed by atoms with Crippen LogP contribution in [0, 0.1) is 4.91 Å². The maximum atomic E-state index is 9.93. The molecule has 0 aliphatic rings. The summed E-state index contributed by atoms with van der Waals surface area (Å²) in [4.78, 5) is 9.93. The predicted octanol–water partition coefficient (Wildman–Crippen LogP) is 1.03. The first-order valence-corrected chi connectivity index (χ1v) is 3.54. The average Bonchev–Trinajstić information content (AvgIpc) is 2.04. The lowest BCUT2D eigenvalue weighted by Crippen LogP contribution is -1.92. The van der Waals surface area contributed by atoms with Crippen molar-refractivity contribution < 1.29 is 5.11 Å². The highest BCUT2D eigenvalue weighted by Crippen LogP contribution is 2.12. The van der Waals surface area contributed by atoms with Crippen LogP contribution in [0.4, 0.5) is 5.69 Å². The molecule has 0 radical (unpaired) electrons. The molecule has 0 bridgehead atoms. The van der Waals surface area contributed by atoms with Gasteiger partial charge in [-0.15, -0.1) is 0 Å². The molecule has 0 spiro atoms. The average molecular weight is 166 g/mol. The van der Waals surface area contributed by atoms with Crippen LogP contribution in [0.3, 0.4) is 0 Å². The number of hydrogen-bond acceptors (Lipinski definition) is 4. The van der Waals surface area contributed by atoms with E-state index in [1.807, 2.05) is 0 Å². The van der Waals surface area contributed by atoms with Gasteiger partial charge in [0.15, 0.2) is 0 Å². The Kier molecular flexibility index (Phi) is 2.76. The van der Waals surface area contributed by atoms with E-state index in [1.54, 1.807) is 18.2 Å². The number of aliphatic hydroxyl groups excluding tert-OH is 1. The van der Waals surface area contributed by atoms with Gasteiger partial charge in [0.2, 0.25) is 0 Å². The third-order valence-corrected chi connectivity index (χ3v) is 1.50. The summed E-state index contributed by atoms with van der Waals surface area (Å²) in [6.07, 6.45) is 0. The summed E-state index contributed by atoms with van der Waals surface area (Å²) in [6, 6.07) is 5.03. The fraction of sp³-hybridized carbons (Fsp3) is 0.250. The largest absolute Gasteiger partial charge is 0.399 e. The Bertz CT molecular complexity index is 286. The Labute approximate surface area is 70.0 Å². The van der Waals surface area contributed by atoms with E-state index in [9.17, 15) is 4.91 Å². The molecule has 0 aromatic heterocycles. The van der Waals surface area contributed by atoms with Gasteiger partial charge in [-0.3, -0.25) is 0 Å². The quantitative estimate of drug-likeness (QED) is 0.520. The van der Waals surface area contributed by atoms with Crippen LogP contribution >= 0.6 is 0 Å². The standard InChI is InChI=1S/C8H10N2O2/c9-8-2-6(4-10-12)1-7(3-8)5-11/h1-3,11H,4-5,9H2. The molecule has 0 atom stereocenters. The van der Waals surface area contributed by atoms with Gasteiger partial charge in [0, 0.05) is 5.69 Å². The lowest BCUT2D eigenvalue weighted by atomic mass is 10.1. The van der Waals surface area contributed by atoms with Gasteiger partial charge in [0.25, 0.3) is 0 Å². The van der Waals surface area contributed by atoms with Crippen molar-refractivity contribution in [1.82, 2.24) is 0 Å². The van der Waals surface area contributed by atoms with Gasteiger partial charge in [0.05, 0.1) is 6.61 Å². The van der Waals surface area contributed by atoms with Crippen LogP contribution in [0.25, 0.3) is 0 Å². The Morgan fingerprint density at radius 2 is 2.00 bits per heavy atom. The number of nitrogen functional groups attached to an aromatic ring is 1. The van der Waals surface area contributed by atoms with Gasteiger partial charge in [0.1, 0.15) is 6.54 Å². The Balaban J connectivity index is 2.97. The summed E-state index contributed by atoms with van der Waals surface area (Å²) in [5, 5.41) is 11.5. The minimum Gasteiger partial charge on any atom is -0.399 e. The van der Waals surface area contributed by atoms with Gasteiger partial charge in [-0.1, -0.05) is 11.2 Å². The molecular weight excluding hydrogens is 156 g/mol. The number of nitrogens with zero attached hydrogens (tertiary/aromatic N) is 1. The Morgan fingerprint density at radius 1 is 1.33 bits per heavy atom. The maximum absolute atomic E-state index is 9.93. The molecule has 0 amide bonds. The van der Waals surface area contributed by atoms with Crippen LogP contribution in [0.15, 0.2) is 23.4 Å². The fourth-order valence-corrected chi connectivity index (χ4v) is 1.05.